The topological polar surface area (TPSA) is 83.6 Å². The molecule has 124 valence electrons. The summed E-state index contributed by atoms with van der Waals surface area (Å²) >= 11 is 0. The molecule has 5 nitrogen and oxygen atoms in total. The zero-order chi connectivity index (χ0) is 17.4. The van der Waals surface area contributed by atoms with Crippen LogP contribution in [0.2, 0.25) is 0 Å². The Morgan fingerprint density at radius 3 is 2.17 bits per heavy atom. The quantitative estimate of drug-likeness (QED) is 0.910. The minimum Gasteiger partial charge on any atom is -0.507 e. The van der Waals surface area contributed by atoms with E-state index >= 15 is 0 Å². The Bertz CT molecular complexity index is 802. The van der Waals surface area contributed by atoms with E-state index in [-0.39, 0.29) is 28.7 Å². The molecule has 0 saturated carbocycles. The molecule has 1 aliphatic rings. The van der Waals surface area contributed by atoms with Gasteiger partial charge < -0.3 is 15.7 Å². The molecule has 0 radical (unpaired) electrons. The van der Waals surface area contributed by atoms with E-state index in [2.05, 4.69) is 0 Å². The second-order valence-electron chi connectivity index (χ2n) is 6.41. The van der Waals surface area contributed by atoms with E-state index in [1.54, 1.807) is 11.0 Å². The number of hydrogen-bond acceptors (Lipinski definition) is 3. The molecule has 1 aliphatic heterocycles. The molecule has 2 aromatic carbocycles. The molecule has 0 atom stereocenters. The van der Waals surface area contributed by atoms with Crippen LogP contribution in [0.4, 0.5) is 0 Å². The number of aromatic hydroxyl groups is 1. The monoisotopic (exact) mass is 324 g/mol. The molecule has 2 amide bonds. The Morgan fingerprint density at radius 1 is 1.08 bits per heavy atom. The smallest absolute Gasteiger partial charge is 0.258 e. The first-order valence-electron chi connectivity index (χ1n) is 7.91. The summed E-state index contributed by atoms with van der Waals surface area (Å²) in [6, 6.07) is 10.8. The van der Waals surface area contributed by atoms with Crippen LogP contribution in [0.3, 0.4) is 0 Å². The van der Waals surface area contributed by atoms with Gasteiger partial charge in [0, 0.05) is 18.7 Å². The Labute approximate surface area is 140 Å². The summed E-state index contributed by atoms with van der Waals surface area (Å²) in [6.45, 7) is 4.86. The number of phenols is 1. The number of nitrogens with zero attached hydrogens (tertiary/aromatic N) is 1. The van der Waals surface area contributed by atoms with Crippen molar-refractivity contribution in [3.05, 3.63) is 64.2 Å². The molecule has 0 spiro atoms. The fourth-order valence-corrected chi connectivity index (χ4v) is 3.11. The Hall–Kier alpha value is -2.82. The molecule has 0 saturated heterocycles. The van der Waals surface area contributed by atoms with Crippen molar-refractivity contribution < 1.29 is 14.7 Å². The van der Waals surface area contributed by atoms with Crippen LogP contribution in [0.25, 0.3) is 0 Å². The maximum absolute atomic E-state index is 12.8. The first-order chi connectivity index (χ1) is 11.4. The molecular weight excluding hydrogens is 304 g/mol. The van der Waals surface area contributed by atoms with Crippen molar-refractivity contribution in [2.24, 2.45) is 5.73 Å². The van der Waals surface area contributed by atoms with Crippen molar-refractivity contribution in [3.63, 3.8) is 0 Å². The highest BCUT2D eigenvalue weighted by molar-refractivity contribution is 6.01. The van der Waals surface area contributed by atoms with Gasteiger partial charge in [0.15, 0.2) is 0 Å². The van der Waals surface area contributed by atoms with Gasteiger partial charge in [0.2, 0.25) is 5.91 Å². The highest BCUT2D eigenvalue weighted by Gasteiger charge is 2.27. The van der Waals surface area contributed by atoms with Crippen molar-refractivity contribution >= 4 is 11.8 Å². The lowest BCUT2D eigenvalue weighted by Crippen LogP contribution is -2.26. The number of carbonyl (C=O) groups is 2. The van der Waals surface area contributed by atoms with Gasteiger partial charge >= 0.3 is 0 Å². The predicted molar refractivity (Wildman–Crippen MR) is 90.7 cm³/mol. The number of benzene rings is 2. The standard InChI is InChI=1S/C19H20N2O3/c1-11(2)14-7-16(17(22)8-15(14)18(20)23)19(24)21-9-12-5-3-4-6-13(12)10-21/h3-8,11,22H,9-10H2,1-2H3,(H2,20,23). The van der Waals surface area contributed by atoms with Gasteiger partial charge in [-0.15, -0.1) is 0 Å². The Balaban J connectivity index is 1.96. The van der Waals surface area contributed by atoms with Gasteiger partial charge in [-0.1, -0.05) is 38.1 Å². The van der Waals surface area contributed by atoms with Crippen molar-refractivity contribution in [1.82, 2.24) is 4.90 Å². The third kappa shape index (κ3) is 2.73. The summed E-state index contributed by atoms with van der Waals surface area (Å²) in [5.41, 5.74) is 8.74. The predicted octanol–water partition coefficient (Wildman–Crippen LogP) is 2.77. The summed E-state index contributed by atoms with van der Waals surface area (Å²) in [5.74, 6) is -1.06. The van der Waals surface area contributed by atoms with Crippen molar-refractivity contribution in [1.29, 1.82) is 0 Å². The minimum absolute atomic E-state index is 0.00965. The van der Waals surface area contributed by atoms with E-state index < -0.39 is 5.91 Å². The number of rotatable bonds is 3. The molecule has 0 unspecified atom stereocenters. The zero-order valence-corrected chi connectivity index (χ0v) is 13.7. The minimum atomic E-state index is -0.610. The van der Waals surface area contributed by atoms with Crippen molar-refractivity contribution in [2.45, 2.75) is 32.9 Å². The van der Waals surface area contributed by atoms with Crippen LogP contribution < -0.4 is 5.73 Å². The van der Waals surface area contributed by atoms with Crippen molar-refractivity contribution in [2.75, 3.05) is 0 Å². The van der Waals surface area contributed by atoms with E-state index in [0.29, 0.717) is 18.7 Å². The summed E-state index contributed by atoms with van der Waals surface area (Å²) in [4.78, 5) is 26.1. The lowest BCUT2D eigenvalue weighted by molar-refractivity contribution is 0.0747. The summed E-state index contributed by atoms with van der Waals surface area (Å²) in [6.07, 6.45) is 0. The molecule has 0 aliphatic carbocycles. The number of hydrogen-bond donors (Lipinski definition) is 2. The summed E-state index contributed by atoms with van der Waals surface area (Å²) in [5, 5.41) is 10.2. The number of phenolic OH excluding ortho intramolecular Hbond substituents is 1. The molecule has 0 aromatic heterocycles. The van der Waals surface area contributed by atoms with E-state index in [9.17, 15) is 14.7 Å². The van der Waals surface area contributed by atoms with Crippen LogP contribution in [0.15, 0.2) is 36.4 Å². The molecule has 24 heavy (non-hydrogen) atoms. The van der Waals surface area contributed by atoms with E-state index in [1.165, 1.54) is 6.07 Å². The van der Waals surface area contributed by atoms with Gasteiger partial charge in [0.1, 0.15) is 5.75 Å². The highest BCUT2D eigenvalue weighted by Crippen LogP contribution is 2.31. The van der Waals surface area contributed by atoms with Crippen LogP contribution in [0.1, 0.15) is 57.2 Å². The van der Waals surface area contributed by atoms with Gasteiger partial charge in [-0.3, -0.25) is 9.59 Å². The van der Waals surface area contributed by atoms with E-state index in [4.69, 9.17) is 5.73 Å². The number of primary amides is 1. The molecule has 0 fully saturated rings. The van der Waals surface area contributed by atoms with Gasteiger partial charge in [-0.25, -0.2) is 0 Å². The number of carbonyl (C=O) groups excluding carboxylic acids is 2. The molecule has 1 heterocycles. The molecule has 3 rings (SSSR count). The summed E-state index contributed by atoms with van der Waals surface area (Å²) in [7, 11) is 0. The van der Waals surface area contributed by atoms with Gasteiger partial charge in [-0.05, 0) is 34.7 Å². The molecule has 0 bridgehead atoms. The summed E-state index contributed by atoms with van der Waals surface area (Å²) < 4.78 is 0. The molecule has 5 heteroatoms. The van der Waals surface area contributed by atoms with Crippen LogP contribution in [0.5, 0.6) is 5.75 Å². The Morgan fingerprint density at radius 2 is 1.67 bits per heavy atom. The second kappa shape index (κ2) is 6.00. The first kappa shape index (κ1) is 16.1. The lowest BCUT2D eigenvalue weighted by atomic mass is 9.93. The SMILES string of the molecule is CC(C)c1cc(C(=O)N2Cc3ccccc3C2)c(O)cc1C(N)=O. The van der Waals surface area contributed by atoms with Crippen LogP contribution >= 0.6 is 0 Å². The lowest BCUT2D eigenvalue weighted by Gasteiger charge is -2.19. The number of amides is 2. The fourth-order valence-electron chi connectivity index (χ4n) is 3.11. The molecular formula is C19H20N2O3. The average Bonchev–Trinajstić information content (AvgIpc) is 2.97. The third-order valence-electron chi connectivity index (χ3n) is 4.41. The normalized spacial score (nSPS) is 13.2. The zero-order valence-electron chi connectivity index (χ0n) is 13.7. The largest absolute Gasteiger partial charge is 0.507 e. The van der Waals surface area contributed by atoms with E-state index in [0.717, 1.165) is 11.1 Å². The average molecular weight is 324 g/mol. The maximum atomic E-state index is 12.8. The second-order valence-corrected chi connectivity index (χ2v) is 6.41. The van der Waals surface area contributed by atoms with Gasteiger partial charge in [0.05, 0.1) is 5.56 Å². The van der Waals surface area contributed by atoms with E-state index in [1.807, 2.05) is 38.1 Å². The Kier molecular flexibility index (Phi) is 4.01. The number of fused-ring (bicyclic) bond motifs is 1. The van der Waals surface area contributed by atoms with Gasteiger partial charge in [0.25, 0.3) is 5.91 Å². The van der Waals surface area contributed by atoms with Crippen LogP contribution in [-0.4, -0.2) is 21.8 Å². The first-order valence-corrected chi connectivity index (χ1v) is 7.91. The molecule has 3 N–H and O–H groups in total. The fraction of sp³-hybridized carbons (Fsp3) is 0.263. The molecule has 2 aromatic rings. The third-order valence-corrected chi connectivity index (χ3v) is 4.41. The number of nitrogens with two attached hydrogens (primary N) is 1. The van der Waals surface area contributed by atoms with Crippen LogP contribution in [-0.2, 0) is 13.1 Å². The maximum Gasteiger partial charge on any atom is 0.258 e. The van der Waals surface area contributed by atoms with Crippen LogP contribution in [0, 0.1) is 0 Å². The highest BCUT2D eigenvalue weighted by atomic mass is 16.3. The van der Waals surface area contributed by atoms with Crippen molar-refractivity contribution in [3.8, 4) is 5.75 Å². The van der Waals surface area contributed by atoms with Gasteiger partial charge in [-0.2, -0.15) is 0 Å².